The van der Waals surface area contributed by atoms with Crippen LogP contribution in [0, 0.1) is 0 Å². The molecule has 4 aromatic carbocycles. The van der Waals surface area contributed by atoms with Gasteiger partial charge < -0.3 is 18.7 Å². The first-order valence-corrected chi connectivity index (χ1v) is 19.3. The van der Waals surface area contributed by atoms with Crippen LogP contribution in [0.25, 0.3) is 0 Å². The van der Waals surface area contributed by atoms with E-state index in [1.54, 1.807) is 6.08 Å². The zero-order valence-corrected chi connectivity index (χ0v) is 28.9. The van der Waals surface area contributed by atoms with Gasteiger partial charge in [-0.15, -0.1) is 0 Å². The predicted molar refractivity (Wildman–Crippen MR) is 186 cm³/mol. The van der Waals surface area contributed by atoms with Gasteiger partial charge in [-0.1, -0.05) is 163 Å². The molecule has 0 bridgehead atoms. The van der Waals surface area contributed by atoms with Gasteiger partial charge >= 0.3 is 0 Å². The first-order chi connectivity index (χ1) is 20.9. The van der Waals surface area contributed by atoms with Gasteiger partial charge in [0.05, 0.1) is 13.2 Å². The van der Waals surface area contributed by atoms with Crippen molar-refractivity contribution in [3.63, 3.8) is 0 Å². The molecule has 4 aromatic rings. The first kappa shape index (κ1) is 32.0. The number of rotatable bonds is 10. The molecule has 0 atom stereocenters. The van der Waals surface area contributed by atoms with Crippen molar-refractivity contribution in [2.24, 2.45) is 0 Å². The van der Waals surface area contributed by atoms with Crippen molar-refractivity contribution in [2.45, 2.75) is 63.6 Å². The first-order valence-electron chi connectivity index (χ1n) is 15.5. The Kier molecular flexibility index (Phi) is 9.10. The maximum atomic E-state index is 10.7. The molecule has 1 aliphatic rings. The summed E-state index contributed by atoms with van der Waals surface area (Å²) in [6, 6.07) is 42.5. The Balaban J connectivity index is 1.58. The monoisotopic (exact) mass is 622 g/mol. The van der Waals surface area contributed by atoms with Gasteiger partial charge in [-0.05, 0) is 30.8 Å². The van der Waals surface area contributed by atoms with E-state index >= 15 is 0 Å². The van der Waals surface area contributed by atoms with E-state index in [0.29, 0.717) is 6.42 Å². The van der Waals surface area contributed by atoms with Crippen LogP contribution in [-0.4, -0.2) is 40.6 Å². The lowest BCUT2D eigenvalue weighted by Gasteiger charge is -2.47. The molecule has 6 heteroatoms. The van der Waals surface area contributed by atoms with Crippen molar-refractivity contribution in [1.29, 1.82) is 0 Å². The fourth-order valence-corrected chi connectivity index (χ4v) is 16.1. The summed E-state index contributed by atoms with van der Waals surface area (Å²) in [6.45, 7) is 14.2. The lowest BCUT2D eigenvalue weighted by atomic mass is 10.0. The van der Waals surface area contributed by atoms with E-state index in [2.05, 4.69) is 163 Å². The van der Waals surface area contributed by atoms with Crippen LogP contribution in [0.2, 0.25) is 10.1 Å². The Morgan fingerprint density at radius 3 is 1.09 bits per heavy atom. The molecule has 1 aliphatic heterocycles. The number of hydrogen-bond donors (Lipinski definition) is 1. The molecule has 5 rings (SSSR count). The van der Waals surface area contributed by atoms with Crippen molar-refractivity contribution in [1.82, 2.24) is 0 Å². The van der Waals surface area contributed by atoms with Crippen molar-refractivity contribution in [3.8, 4) is 0 Å². The second-order valence-corrected chi connectivity index (χ2v) is 22.5. The van der Waals surface area contributed by atoms with Crippen LogP contribution in [0.3, 0.4) is 0 Å². The van der Waals surface area contributed by atoms with Gasteiger partial charge in [-0.3, -0.25) is 0 Å². The Hall–Kier alpha value is -3.43. The molecule has 230 valence electrons. The highest BCUT2D eigenvalue weighted by Gasteiger charge is 2.55. The zero-order valence-electron chi connectivity index (χ0n) is 26.9. The normalized spacial score (nSPS) is 15.5. The van der Waals surface area contributed by atoms with E-state index in [0.717, 1.165) is 0 Å². The molecule has 0 saturated carbocycles. The Morgan fingerprint density at radius 2 is 0.864 bits per heavy atom. The van der Waals surface area contributed by atoms with Crippen LogP contribution in [0.15, 0.2) is 133 Å². The smallest absolute Gasteiger partial charge is 0.273 e. The predicted octanol–water partition coefficient (Wildman–Crippen LogP) is 6.70. The van der Waals surface area contributed by atoms with Crippen LogP contribution in [0.1, 0.15) is 48.0 Å². The maximum absolute atomic E-state index is 10.7. The summed E-state index contributed by atoms with van der Waals surface area (Å²) in [7, 11) is -5.71. The van der Waals surface area contributed by atoms with E-state index in [1.807, 2.05) is 0 Å². The second-order valence-electron chi connectivity index (χ2n) is 13.9. The van der Waals surface area contributed by atoms with Crippen molar-refractivity contribution in [2.75, 3.05) is 13.2 Å². The molecular formula is C38H46O4Si2. The maximum Gasteiger partial charge on any atom is 0.273 e. The molecule has 44 heavy (non-hydrogen) atoms. The van der Waals surface area contributed by atoms with Gasteiger partial charge in [0.15, 0.2) is 5.60 Å². The highest BCUT2D eigenvalue weighted by Crippen LogP contribution is 2.41. The highest BCUT2D eigenvalue weighted by atomic mass is 28.4. The van der Waals surface area contributed by atoms with Gasteiger partial charge in [0.2, 0.25) is 0 Å². The summed E-state index contributed by atoms with van der Waals surface area (Å²) < 4.78 is 21.1. The minimum absolute atomic E-state index is 0.0675. The third kappa shape index (κ3) is 5.96. The summed E-state index contributed by atoms with van der Waals surface area (Å²) in [5.41, 5.74) is -0.885. The third-order valence-electron chi connectivity index (χ3n) is 8.91. The van der Waals surface area contributed by atoms with Crippen LogP contribution in [0.5, 0.6) is 0 Å². The number of aliphatic hydroxyl groups excluding tert-OH is 1. The van der Waals surface area contributed by atoms with E-state index in [9.17, 15) is 5.11 Å². The number of hydrogen-bond acceptors (Lipinski definition) is 4. The van der Waals surface area contributed by atoms with E-state index in [1.165, 1.54) is 20.7 Å². The van der Waals surface area contributed by atoms with E-state index in [4.69, 9.17) is 13.6 Å². The van der Waals surface area contributed by atoms with Crippen molar-refractivity contribution >= 4 is 37.4 Å². The average Bonchev–Trinajstić information content (AvgIpc) is 3.39. The average molecular weight is 623 g/mol. The summed E-state index contributed by atoms with van der Waals surface area (Å²) in [5.74, 6) is -0.0675. The molecule has 0 amide bonds. The number of ether oxygens (including phenoxy) is 1. The number of aliphatic hydroxyl groups is 1. The molecule has 0 spiro atoms. The summed E-state index contributed by atoms with van der Waals surface area (Å²) in [5, 5.41) is 15.1. The number of benzene rings is 4. The van der Waals surface area contributed by atoms with Crippen molar-refractivity contribution in [3.05, 3.63) is 133 Å². The molecule has 4 nitrogen and oxygen atoms in total. The molecule has 0 radical (unpaired) electrons. The quantitative estimate of drug-likeness (QED) is 0.200. The van der Waals surface area contributed by atoms with Gasteiger partial charge in [0.25, 0.3) is 22.6 Å². The van der Waals surface area contributed by atoms with E-state index in [-0.39, 0.29) is 29.2 Å². The fourth-order valence-electron chi connectivity index (χ4n) is 6.80. The van der Waals surface area contributed by atoms with E-state index < -0.39 is 22.2 Å². The van der Waals surface area contributed by atoms with Crippen LogP contribution < -0.4 is 20.7 Å². The lowest BCUT2D eigenvalue weighted by Crippen LogP contribution is -2.69. The molecule has 1 N–H and O–H groups in total. The lowest BCUT2D eigenvalue weighted by molar-refractivity contribution is -0.0809. The summed E-state index contributed by atoms with van der Waals surface area (Å²) in [4.78, 5) is 0. The largest absolute Gasteiger partial charge is 0.481 e. The minimum atomic E-state index is -2.85. The Bertz CT molecular complexity index is 1340. The van der Waals surface area contributed by atoms with Gasteiger partial charge in [-0.2, -0.15) is 0 Å². The summed E-state index contributed by atoms with van der Waals surface area (Å²) in [6.07, 6.45) is 2.25. The molecule has 1 heterocycles. The topological polar surface area (TPSA) is 47.9 Å². The molecule has 0 fully saturated rings. The van der Waals surface area contributed by atoms with Crippen molar-refractivity contribution < 1.29 is 18.7 Å². The van der Waals surface area contributed by atoms with Crippen LogP contribution in [0.4, 0.5) is 0 Å². The highest BCUT2D eigenvalue weighted by molar-refractivity contribution is 7.00. The van der Waals surface area contributed by atoms with Crippen LogP contribution >= 0.6 is 0 Å². The van der Waals surface area contributed by atoms with Gasteiger partial charge in [-0.25, -0.2) is 0 Å². The zero-order chi connectivity index (χ0) is 31.5. The Labute approximate surface area is 265 Å². The van der Waals surface area contributed by atoms with Crippen LogP contribution in [-0.2, 0) is 13.6 Å². The standard InChI is InChI=1S/C38H46O4Si2/c1-36(2,3)43(31-19-11-7-12-20-31,32-21-13-8-14-22-32)40-29-38(28-27-35(39)42-38)30-41-44(37(4,5)6,33-23-15-9-16-24-33)34-25-17-10-18-26-34/h7-27,39H,28-30H2,1-6H3. The molecule has 0 saturated heterocycles. The Morgan fingerprint density at radius 1 is 0.568 bits per heavy atom. The summed E-state index contributed by atoms with van der Waals surface area (Å²) >= 11 is 0. The van der Waals surface area contributed by atoms with Gasteiger partial charge in [0, 0.05) is 12.5 Å². The van der Waals surface area contributed by atoms with Gasteiger partial charge in [0.1, 0.15) is 0 Å². The third-order valence-corrected chi connectivity index (χ3v) is 18.9. The SMILES string of the molecule is CC(C)(C)[Si](OCC1(CO[Si](c2ccccc2)(c2ccccc2)C(C)(C)C)CC=C(O)O1)(c1ccccc1)c1ccccc1. The second kappa shape index (κ2) is 12.5. The molecular weight excluding hydrogens is 577 g/mol. The molecule has 0 aromatic heterocycles. The molecule has 0 unspecified atom stereocenters. The molecule has 0 aliphatic carbocycles. The fraction of sp³-hybridized carbons (Fsp3) is 0.316. The minimum Gasteiger partial charge on any atom is -0.481 e.